The lowest BCUT2D eigenvalue weighted by Crippen LogP contribution is -2.36. The van der Waals surface area contributed by atoms with Crippen molar-refractivity contribution < 1.29 is 22.0 Å². The molecule has 0 atom stereocenters. The second-order valence-electron chi connectivity index (χ2n) is 4.41. The normalized spacial score (nSPS) is 12.7. The van der Waals surface area contributed by atoms with Gasteiger partial charge in [-0.1, -0.05) is 25.1 Å². The largest absolute Gasteiger partial charge is 0.459 e. The first kappa shape index (κ1) is 15.3. The van der Waals surface area contributed by atoms with Crippen LogP contribution in [-0.4, -0.2) is 16.0 Å². The summed E-state index contributed by atoms with van der Waals surface area (Å²) in [5, 5.41) is 3.59. The molecule has 0 spiro atoms. The zero-order valence-electron chi connectivity index (χ0n) is 11.0. The molecular formula is C13H12F5N3. The highest BCUT2D eigenvalue weighted by molar-refractivity contribution is 5.51. The molecule has 0 amide bonds. The fourth-order valence-corrected chi connectivity index (χ4v) is 2.01. The number of alkyl halides is 5. The van der Waals surface area contributed by atoms with E-state index in [1.807, 2.05) is 0 Å². The third-order valence-electron chi connectivity index (χ3n) is 3.05. The zero-order valence-corrected chi connectivity index (χ0v) is 11.0. The van der Waals surface area contributed by atoms with Gasteiger partial charge in [-0.2, -0.15) is 27.1 Å². The van der Waals surface area contributed by atoms with E-state index in [2.05, 4.69) is 5.10 Å². The monoisotopic (exact) mass is 305 g/mol. The lowest BCUT2D eigenvalue weighted by atomic mass is 10.1. The summed E-state index contributed by atoms with van der Waals surface area (Å²) in [5.41, 5.74) is 3.95. The molecular weight excluding hydrogens is 293 g/mol. The smallest absolute Gasteiger partial charge is 0.396 e. The van der Waals surface area contributed by atoms with Crippen LogP contribution in [0.25, 0.3) is 5.69 Å². The first-order valence-electron chi connectivity index (χ1n) is 6.07. The first-order chi connectivity index (χ1) is 9.70. The minimum Gasteiger partial charge on any atom is -0.396 e. The summed E-state index contributed by atoms with van der Waals surface area (Å²) in [6, 6.07) is 6.24. The van der Waals surface area contributed by atoms with Gasteiger partial charge in [0.1, 0.15) is 5.69 Å². The average molecular weight is 305 g/mol. The molecule has 0 fully saturated rings. The Hall–Kier alpha value is -2.12. The third kappa shape index (κ3) is 2.45. The highest BCUT2D eigenvalue weighted by Crippen LogP contribution is 2.46. The van der Waals surface area contributed by atoms with Gasteiger partial charge in [0.15, 0.2) is 0 Å². The number of halogens is 5. The molecule has 0 aliphatic carbocycles. The quantitative estimate of drug-likeness (QED) is 0.879. The van der Waals surface area contributed by atoms with Crippen molar-refractivity contribution in [3.8, 4) is 5.69 Å². The summed E-state index contributed by atoms with van der Waals surface area (Å²) in [5.74, 6) is -5.09. The Labute approximate surface area is 117 Å². The molecule has 1 aromatic heterocycles. The minimum atomic E-state index is -5.75. The van der Waals surface area contributed by atoms with Gasteiger partial charge in [-0.25, -0.2) is 4.68 Å². The van der Waals surface area contributed by atoms with Crippen LogP contribution in [0.4, 0.5) is 27.6 Å². The molecule has 0 saturated heterocycles. The van der Waals surface area contributed by atoms with Gasteiger partial charge < -0.3 is 5.73 Å². The molecule has 2 rings (SSSR count). The van der Waals surface area contributed by atoms with Crippen molar-refractivity contribution in [2.45, 2.75) is 25.4 Å². The number of nitrogen functional groups attached to an aromatic ring is 1. The van der Waals surface area contributed by atoms with E-state index in [0.717, 1.165) is 6.20 Å². The second kappa shape index (κ2) is 5.01. The van der Waals surface area contributed by atoms with Gasteiger partial charge in [-0.3, -0.25) is 0 Å². The van der Waals surface area contributed by atoms with Crippen molar-refractivity contribution in [3.05, 3.63) is 41.7 Å². The van der Waals surface area contributed by atoms with Crippen LogP contribution in [0.5, 0.6) is 0 Å². The topological polar surface area (TPSA) is 43.8 Å². The number of nitrogens with zero attached hydrogens (tertiary/aromatic N) is 2. The molecule has 0 saturated carbocycles. The molecule has 2 N–H and O–H groups in total. The Morgan fingerprint density at radius 1 is 1.14 bits per heavy atom. The van der Waals surface area contributed by atoms with E-state index in [1.165, 1.54) is 12.1 Å². The molecule has 1 aromatic carbocycles. The van der Waals surface area contributed by atoms with Crippen LogP contribution in [0.1, 0.15) is 18.2 Å². The van der Waals surface area contributed by atoms with Crippen LogP contribution in [0.15, 0.2) is 30.5 Å². The third-order valence-corrected chi connectivity index (χ3v) is 3.05. The fraction of sp³-hybridized carbons (Fsp3) is 0.308. The fourth-order valence-electron chi connectivity index (χ4n) is 2.01. The van der Waals surface area contributed by atoms with E-state index in [9.17, 15) is 22.0 Å². The molecule has 0 aliphatic rings. The molecule has 0 radical (unpaired) electrons. The van der Waals surface area contributed by atoms with Crippen LogP contribution in [0.2, 0.25) is 0 Å². The maximum atomic E-state index is 13.7. The number of para-hydroxylation sites is 1. The summed E-state index contributed by atoms with van der Waals surface area (Å²) in [6.45, 7) is 1.76. The van der Waals surface area contributed by atoms with E-state index >= 15 is 0 Å². The number of nitrogens with two attached hydrogens (primary N) is 1. The SMILES string of the molecule is CCc1ccccc1-n1ncc(N)c1C(F)(F)C(F)(F)F. The number of rotatable bonds is 3. The Balaban J connectivity index is 2.69. The summed E-state index contributed by atoms with van der Waals surface area (Å²) in [7, 11) is 0. The number of hydrogen-bond acceptors (Lipinski definition) is 2. The summed E-state index contributed by atoms with van der Waals surface area (Å²) in [4.78, 5) is 0. The zero-order chi connectivity index (χ0) is 15.8. The molecule has 8 heteroatoms. The summed E-state index contributed by atoms with van der Waals surface area (Å²) < 4.78 is 65.7. The predicted molar refractivity (Wildman–Crippen MR) is 67.3 cm³/mol. The minimum absolute atomic E-state index is 0.149. The van der Waals surface area contributed by atoms with Gasteiger partial charge in [0.05, 0.1) is 17.6 Å². The maximum Gasteiger partial charge on any atom is 0.459 e. The van der Waals surface area contributed by atoms with E-state index in [-0.39, 0.29) is 5.69 Å². The number of anilines is 1. The van der Waals surface area contributed by atoms with Crippen molar-refractivity contribution in [1.29, 1.82) is 0 Å². The van der Waals surface area contributed by atoms with E-state index < -0.39 is 23.5 Å². The summed E-state index contributed by atoms with van der Waals surface area (Å²) in [6.07, 6.45) is -4.51. The molecule has 21 heavy (non-hydrogen) atoms. The van der Waals surface area contributed by atoms with Crippen LogP contribution >= 0.6 is 0 Å². The second-order valence-corrected chi connectivity index (χ2v) is 4.41. The standard InChI is InChI=1S/C13H12F5N3/c1-2-8-5-3-4-6-10(8)21-11(9(19)7-20-21)12(14,15)13(16,17)18/h3-7H,2,19H2,1H3. The lowest BCUT2D eigenvalue weighted by molar-refractivity contribution is -0.291. The molecule has 1 heterocycles. The lowest BCUT2D eigenvalue weighted by Gasteiger charge is -2.22. The average Bonchev–Trinajstić information content (AvgIpc) is 2.79. The van der Waals surface area contributed by atoms with Crippen LogP contribution < -0.4 is 5.73 Å². The predicted octanol–water partition coefficient (Wildman–Crippen LogP) is 3.67. The van der Waals surface area contributed by atoms with Gasteiger partial charge in [0, 0.05) is 0 Å². The molecule has 3 nitrogen and oxygen atoms in total. The maximum absolute atomic E-state index is 13.7. The Kier molecular flexibility index (Phi) is 3.65. The Bertz CT molecular complexity index is 645. The van der Waals surface area contributed by atoms with E-state index in [1.54, 1.807) is 19.1 Å². The van der Waals surface area contributed by atoms with Crippen molar-refractivity contribution in [1.82, 2.24) is 9.78 Å². The number of benzene rings is 1. The van der Waals surface area contributed by atoms with Gasteiger partial charge in [0.2, 0.25) is 0 Å². The molecule has 0 bridgehead atoms. The Morgan fingerprint density at radius 3 is 2.33 bits per heavy atom. The number of hydrogen-bond donors (Lipinski definition) is 1. The molecule has 114 valence electrons. The van der Waals surface area contributed by atoms with Gasteiger partial charge in [-0.15, -0.1) is 0 Å². The van der Waals surface area contributed by atoms with Crippen molar-refractivity contribution in [3.63, 3.8) is 0 Å². The van der Waals surface area contributed by atoms with Crippen LogP contribution in [-0.2, 0) is 12.3 Å². The molecule has 2 aromatic rings. The van der Waals surface area contributed by atoms with Crippen molar-refractivity contribution in [2.24, 2.45) is 0 Å². The highest BCUT2D eigenvalue weighted by Gasteiger charge is 2.61. The molecule has 0 aliphatic heterocycles. The van der Waals surface area contributed by atoms with Crippen molar-refractivity contribution in [2.75, 3.05) is 5.73 Å². The number of aromatic nitrogens is 2. The van der Waals surface area contributed by atoms with E-state index in [0.29, 0.717) is 16.7 Å². The van der Waals surface area contributed by atoms with Crippen LogP contribution in [0, 0.1) is 0 Å². The summed E-state index contributed by atoms with van der Waals surface area (Å²) >= 11 is 0. The van der Waals surface area contributed by atoms with Crippen LogP contribution in [0.3, 0.4) is 0 Å². The van der Waals surface area contributed by atoms with Gasteiger partial charge in [0.25, 0.3) is 0 Å². The highest BCUT2D eigenvalue weighted by atomic mass is 19.4. The molecule has 0 unspecified atom stereocenters. The number of aryl methyl sites for hydroxylation is 1. The van der Waals surface area contributed by atoms with E-state index in [4.69, 9.17) is 5.73 Å². The first-order valence-corrected chi connectivity index (χ1v) is 6.07. The Morgan fingerprint density at radius 2 is 1.76 bits per heavy atom. The van der Waals surface area contributed by atoms with Crippen molar-refractivity contribution >= 4 is 5.69 Å². The van der Waals surface area contributed by atoms with Gasteiger partial charge >= 0.3 is 12.1 Å². The van der Waals surface area contributed by atoms with Gasteiger partial charge in [-0.05, 0) is 18.1 Å².